The molecule has 1 fully saturated rings. The van der Waals surface area contributed by atoms with Gasteiger partial charge in [-0.1, -0.05) is 6.92 Å². The summed E-state index contributed by atoms with van der Waals surface area (Å²) in [5, 5.41) is 3.05. The first-order valence-corrected chi connectivity index (χ1v) is 14.1. The van der Waals surface area contributed by atoms with Crippen LogP contribution in [0.15, 0.2) is 40.5 Å². The number of pyridine rings is 1. The van der Waals surface area contributed by atoms with Crippen LogP contribution in [-0.4, -0.2) is 49.1 Å². The molecule has 12 heteroatoms. The Balaban J connectivity index is 1.55. The van der Waals surface area contributed by atoms with Gasteiger partial charge >= 0.3 is 0 Å². The zero-order chi connectivity index (χ0) is 26.3. The number of aromatic nitrogens is 7. The van der Waals surface area contributed by atoms with E-state index < -0.39 is 9.84 Å². The molecule has 0 aliphatic heterocycles. The molecule has 192 valence electrons. The summed E-state index contributed by atoms with van der Waals surface area (Å²) < 4.78 is 25.0. The van der Waals surface area contributed by atoms with Crippen molar-refractivity contribution in [3.63, 3.8) is 0 Å². The van der Waals surface area contributed by atoms with E-state index >= 15 is 0 Å². The lowest BCUT2D eigenvalue weighted by Gasteiger charge is -2.18. The molecule has 1 N–H and O–H groups in total. The fraction of sp³-hybridized carbons (Fsp3) is 0.400. The molecule has 4 aromatic rings. The number of nitrogens with zero attached hydrogens (tertiary/aromatic N) is 7. The first-order valence-electron chi connectivity index (χ1n) is 12.2. The van der Waals surface area contributed by atoms with Gasteiger partial charge in [0.2, 0.25) is 0 Å². The Bertz CT molecular complexity index is 1650. The third-order valence-electron chi connectivity index (χ3n) is 6.58. The van der Waals surface area contributed by atoms with Crippen molar-refractivity contribution in [2.75, 3.05) is 11.6 Å². The molecule has 1 aliphatic carbocycles. The summed E-state index contributed by atoms with van der Waals surface area (Å²) in [7, 11) is -3.34. The molecule has 0 spiro atoms. The molecular formula is C25H28N8O3S. The van der Waals surface area contributed by atoms with Crippen LogP contribution in [0.25, 0.3) is 22.6 Å². The number of nitrogens with one attached hydrogen (secondary N) is 1. The van der Waals surface area contributed by atoms with Crippen LogP contribution in [0.3, 0.4) is 0 Å². The number of hydrogen-bond acceptors (Lipinski definition) is 10. The first kappa shape index (κ1) is 24.9. The molecule has 37 heavy (non-hydrogen) atoms. The third kappa shape index (κ3) is 4.93. The number of hydrogen-bond donors (Lipinski definition) is 1. The lowest BCUT2D eigenvalue weighted by atomic mass is 10.1. The number of fused-ring (bicyclic) bond motifs is 1. The second-order valence-electron chi connectivity index (χ2n) is 9.40. The molecule has 0 aromatic carbocycles. The highest BCUT2D eigenvalue weighted by Crippen LogP contribution is 2.43. The Morgan fingerprint density at radius 2 is 1.89 bits per heavy atom. The predicted octanol–water partition coefficient (Wildman–Crippen LogP) is 3.21. The summed E-state index contributed by atoms with van der Waals surface area (Å²) in [6.07, 6.45) is 8.51. The van der Waals surface area contributed by atoms with Crippen LogP contribution in [0.5, 0.6) is 0 Å². The van der Waals surface area contributed by atoms with Crippen LogP contribution in [0.1, 0.15) is 62.2 Å². The van der Waals surface area contributed by atoms with Crippen LogP contribution in [-0.2, 0) is 16.4 Å². The molecule has 1 aliphatic rings. The molecule has 1 unspecified atom stereocenters. The van der Waals surface area contributed by atoms with Gasteiger partial charge in [-0.15, -0.1) is 0 Å². The second-order valence-corrected chi connectivity index (χ2v) is 11.4. The van der Waals surface area contributed by atoms with Gasteiger partial charge in [0.1, 0.15) is 11.8 Å². The average molecular weight is 521 g/mol. The highest BCUT2D eigenvalue weighted by molar-refractivity contribution is 7.90. The fourth-order valence-corrected chi connectivity index (χ4v) is 4.73. The lowest BCUT2D eigenvalue weighted by Crippen LogP contribution is -2.28. The van der Waals surface area contributed by atoms with E-state index in [0.29, 0.717) is 35.0 Å². The molecule has 1 atom stereocenters. The van der Waals surface area contributed by atoms with Gasteiger partial charge in [0.15, 0.2) is 27.1 Å². The standard InChI is InChI=1S/C25H28N8O3S/c1-5-14(2)33-24-19(12-28-22(32-24)20-15(3)29-13-30-21(20)16-6-7-16)31-23(25(33)34)27-10-17-8-9-18(11-26-17)37(4,35)36/h8-9,11-14,16H,5-7,10H2,1-4H3,(H,27,31). The Hall–Kier alpha value is -3.80. The molecule has 0 bridgehead atoms. The monoisotopic (exact) mass is 520 g/mol. The van der Waals surface area contributed by atoms with Gasteiger partial charge in [-0.3, -0.25) is 14.3 Å². The van der Waals surface area contributed by atoms with Gasteiger partial charge in [0, 0.05) is 24.4 Å². The van der Waals surface area contributed by atoms with E-state index in [-0.39, 0.29) is 28.9 Å². The Kier molecular flexibility index (Phi) is 6.44. The van der Waals surface area contributed by atoms with Crippen LogP contribution >= 0.6 is 0 Å². The van der Waals surface area contributed by atoms with Gasteiger partial charge in [-0.2, -0.15) is 0 Å². The van der Waals surface area contributed by atoms with E-state index in [2.05, 4.69) is 30.2 Å². The van der Waals surface area contributed by atoms with Crippen molar-refractivity contribution in [2.24, 2.45) is 0 Å². The van der Waals surface area contributed by atoms with Gasteiger partial charge in [-0.05, 0) is 45.2 Å². The van der Waals surface area contributed by atoms with Crippen LogP contribution in [0, 0.1) is 6.92 Å². The normalized spacial score (nSPS) is 14.6. The number of rotatable bonds is 8. The molecule has 0 amide bonds. The Labute approximate surface area is 214 Å². The van der Waals surface area contributed by atoms with Crippen LogP contribution in [0.4, 0.5) is 5.82 Å². The maximum Gasteiger partial charge on any atom is 0.295 e. The van der Waals surface area contributed by atoms with Crippen LogP contribution in [0.2, 0.25) is 0 Å². The zero-order valence-corrected chi connectivity index (χ0v) is 21.9. The zero-order valence-electron chi connectivity index (χ0n) is 21.1. The fourth-order valence-electron chi connectivity index (χ4n) is 4.17. The maximum absolute atomic E-state index is 13.5. The highest BCUT2D eigenvalue weighted by Gasteiger charge is 2.30. The first-order chi connectivity index (χ1) is 17.7. The van der Waals surface area contributed by atoms with Gasteiger partial charge < -0.3 is 5.32 Å². The van der Waals surface area contributed by atoms with Crippen molar-refractivity contribution in [3.05, 3.63) is 58.3 Å². The van der Waals surface area contributed by atoms with Crippen molar-refractivity contribution < 1.29 is 8.42 Å². The van der Waals surface area contributed by atoms with E-state index in [1.54, 1.807) is 23.2 Å². The summed E-state index contributed by atoms with van der Waals surface area (Å²) in [4.78, 5) is 40.7. The number of anilines is 1. The van der Waals surface area contributed by atoms with Crippen molar-refractivity contribution in [1.29, 1.82) is 0 Å². The largest absolute Gasteiger partial charge is 0.360 e. The molecular weight excluding hydrogens is 492 g/mol. The number of sulfone groups is 1. The highest BCUT2D eigenvalue weighted by atomic mass is 32.2. The smallest absolute Gasteiger partial charge is 0.295 e. The Morgan fingerprint density at radius 3 is 2.54 bits per heavy atom. The summed E-state index contributed by atoms with van der Waals surface area (Å²) >= 11 is 0. The van der Waals surface area contributed by atoms with Crippen molar-refractivity contribution in [3.8, 4) is 11.4 Å². The van der Waals surface area contributed by atoms with E-state index in [0.717, 1.165) is 36.0 Å². The van der Waals surface area contributed by atoms with Gasteiger partial charge in [0.05, 0.1) is 40.3 Å². The minimum absolute atomic E-state index is 0.135. The molecule has 4 aromatic heterocycles. The van der Waals surface area contributed by atoms with Crippen LogP contribution < -0.4 is 10.9 Å². The molecule has 11 nitrogen and oxygen atoms in total. The lowest BCUT2D eigenvalue weighted by molar-refractivity contribution is 0.526. The van der Waals surface area contributed by atoms with Gasteiger partial charge in [0.25, 0.3) is 5.56 Å². The average Bonchev–Trinajstić information content (AvgIpc) is 3.72. The SMILES string of the molecule is CCC(C)n1c(=O)c(NCc2ccc(S(C)(=O)=O)cn2)nc2cnc(-c3c(C)ncnc3C3CC3)nc21. The Morgan fingerprint density at radius 1 is 1.11 bits per heavy atom. The minimum Gasteiger partial charge on any atom is -0.360 e. The second kappa shape index (κ2) is 9.58. The summed E-state index contributed by atoms with van der Waals surface area (Å²) in [6, 6.07) is 2.96. The quantitative estimate of drug-likeness (QED) is 0.367. The summed E-state index contributed by atoms with van der Waals surface area (Å²) in [5.74, 6) is 1.02. The minimum atomic E-state index is -3.34. The van der Waals surface area contributed by atoms with Gasteiger partial charge in [-0.25, -0.2) is 33.3 Å². The van der Waals surface area contributed by atoms with E-state index in [4.69, 9.17) is 4.98 Å². The maximum atomic E-state index is 13.5. The topological polar surface area (TPSA) is 146 Å². The van der Waals surface area contributed by atoms with E-state index in [9.17, 15) is 13.2 Å². The van der Waals surface area contributed by atoms with E-state index in [1.807, 2.05) is 20.8 Å². The predicted molar refractivity (Wildman–Crippen MR) is 139 cm³/mol. The third-order valence-corrected chi connectivity index (χ3v) is 7.68. The summed E-state index contributed by atoms with van der Waals surface area (Å²) in [5.41, 5.74) is 3.77. The molecule has 4 heterocycles. The van der Waals surface area contributed by atoms with E-state index in [1.165, 1.54) is 12.3 Å². The summed E-state index contributed by atoms with van der Waals surface area (Å²) in [6.45, 7) is 6.08. The van der Waals surface area contributed by atoms with Crippen molar-refractivity contribution in [1.82, 2.24) is 34.5 Å². The molecule has 0 radical (unpaired) electrons. The van der Waals surface area contributed by atoms with Crippen molar-refractivity contribution in [2.45, 2.75) is 63.4 Å². The molecule has 5 rings (SSSR count). The number of aryl methyl sites for hydroxylation is 1. The van der Waals surface area contributed by atoms with Crippen molar-refractivity contribution >= 4 is 26.8 Å². The molecule has 1 saturated carbocycles. The molecule has 0 saturated heterocycles.